The number of hydrogen-bond acceptors (Lipinski definition) is 4. The minimum Gasteiger partial charge on any atom is -0.508 e. The molecule has 1 saturated heterocycles. The van der Waals surface area contributed by atoms with Gasteiger partial charge in [0.15, 0.2) is 0 Å². The first-order valence-corrected chi connectivity index (χ1v) is 9.26. The summed E-state index contributed by atoms with van der Waals surface area (Å²) in [6, 6.07) is 10.2. The minimum absolute atomic E-state index is 0.150. The Labute approximate surface area is 167 Å². The number of halogens is 3. The maximum atomic E-state index is 12.3. The highest BCUT2D eigenvalue weighted by Gasteiger charge is 2.20. The second kappa shape index (κ2) is 8.35. The zero-order valence-electron chi connectivity index (χ0n) is 13.9. The second-order valence-electron chi connectivity index (χ2n) is 6.07. The number of phenols is 1. The van der Waals surface area contributed by atoms with Crippen LogP contribution < -0.4 is 10.2 Å². The van der Waals surface area contributed by atoms with E-state index in [1.807, 2.05) is 12.1 Å². The normalized spacial score (nSPS) is 15.1. The molecule has 0 aromatic heterocycles. The van der Waals surface area contributed by atoms with Crippen molar-refractivity contribution in [2.24, 2.45) is 0 Å². The smallest absolute Gasteiger partial charge is 0.238 e. The van der Waals surface area contributed by atoms with Crippen LogP contribution in [-0.2, 0) is 4.79 Å². The summed E-state index contributed by atoms with van der Waals surface area (Å²) in [6.45, 7) is 3.43. The monoisotopic (exact) mass is 413 g/mol. The van der Waals surface area contributed by atoms with Gasteiger partial charge in [-0.15, -0.1) is 0 Å². The highest BCUT2D eigenvalue weighted by Crippen LogP contribution is 2.32. The number of carbonyl (C=O) groups is 1. The first-order chi connectivity index (χ1) is 12.4. The number of carbonyl (C=O) groups excluding carboxylic acids is 1. The number of nitrogens with zero attached hydrogens (tertiary/aromatic N) is 2. The maximum absolute atomic E-state index is 12.3. The Hall–Kier alpha value is -1.66. The molecule has 1 heterocycles. The summed E-state index contributed by atoms with van der Waals surface area (Å²) in [5, 5.41) is 13.2. The van der Waals surface area contributed by atoms with E-state index in [1.165, 1.54) is 6.07 Å². The molecule has 0 saturated carbocycles. The molecule has 0 atom stereocenters. The van der Waals surface area contributed by atoms with E-state index in [9.17, 15) is 9.90 Å². The van der Waals surface area contributed by atoms with Gasteiger partial charge in [-0.2, -0.15) is 0 Å². The number of aromatic hydroxyl groups is 1. The van der Waals surface area contributed by atoms with Crippen LogP contribution in [0.5, 0.6) is 5.75 Å². The van der Waals surface area contributed by atoms with Crippen molar-refractivity contribution in [1.82, 2.24) is 4.90 Å². The fraction of sp³-hybridized carbons (Fsp3) is 0.278. The van der Waals surface area contributed by atoms with Gasteiger partial charge in [-0.3, -0.25) is 9.69 Å². The van der Waals surface area contributed by atoms with Crippen LogP contribution in [0, 0.1) is 0 Å². The van der Waals surface area contributed by atoms with Crippen LogP contribution in [0.4, 0.5) is 11.4 Å². The number of rotatable bonds is 4. The molecule has 0 bridgehead atoms. The third-order valence-corrected chi connectivity index (χ3v) is 5.27. The quantitative estimate of drug-likeness (QED) is 0.739. The predicted octanol–water partition coefficient (Wildman–Crippen LogP) is 4.11. The van der Waals surface area contributed by atoms with E-state index < -0.39 is 0 Å². The Morgan fingerprint density at radius 1 is 0.962 bits per heavy atom. The van der Waals surface area contributed by atoms with Crippen LogP contribution in [0.15, 0.2) is 36.4 Å². The Morgan fingerprint density at radius 3 is 2.23 bits per heavy atom. The molecule has 1 fully saturated rings. The van der Waals surface area contributed by atoms with Crippen LogP contribution in [0.2, 0.25) is 15.1 Å². The van der Waals surface area contributed by atoms with Crippen LogP contribution in [0.25, 0.3) is 0 Å². The highest BCUT2D eigenvalue weighted by atomic mass is 35.5. The third kappa shape index (κ3) is 4.74. The highest BCUT2D eigenvalue weighted by molar-refractivity contribution is 6.44. The first-order valence-electron chi connectivity index (χ1n) is 8.13. The summed E-state index contributed by atoms with van der Waals surface area (Å²) >= 11 is 18.0. The van der Waals surface area contributed by atoms with Crippen molar-refractivity contribution < 1.29 is 9.90 Å². The second-order valence-corrected chi connectivity index (χ2v) is 7.30. The van der Waals surface area contributed by atoms with Crippen molar-refractivity contribution >= 4 is 52.1 Å². The lowest BCUT2D eigenvalue weighted by Crippen LogP contribution is -2.48. The van der Waals surface area contributed by atoms with Gasteiger partial charge in [-0.05, 0) is 36.4 Å². The van der Waals surface area contributed by atoms with Crippen molar-refractivity contribution in [3.63, 3.8) is 0 Å². The molecule has 3 rings (SSSR count). The van der Waals surface area contributed by atoms with Gasteiger partial charge in [0.1, 0.15) is 5.75 Å². The Morgan fingerprint density at radius 2 is 1.58 bits per heavy atom. The molecule has 2 aromatic rings. The van der Waals surface area contributed by atoms with Crippen molar-refractivity contribution in [3.05, 3.63) is 51.5 Å². The van der Waals surface area contributed by atoms with Gasteiger partial charge in [-0.1, -0.05) is 34.8 Å². The summed E-state index contributed by atoms with van der Waals surface area (Å²) < 4.78 is 0. The van der Waals surface area contributed by atoms with Crippen LogP contribution in [0.1, 0.15) is 0 Å². The van der Waals surface area contributed by atoms with Gasteiger partial charge in [0.25, 0.3) is 0 Å². The summed E-state index contributed by atoms with van der Waals surface area (Å²) in [5.41, 5.74) is 1.52. The summed E-state index contributed by atoms with van der Waals surface area (Å²) in [6.07, 6.45) is 0. The number of phenolic OH excluding ortho intramolecular Hbond substituents is 1. The number of amides is 1. The van der Waals surface area contributed by atoms with Crippen LogP contribution in [-0.4, -0.2) is 48.6 Å². The molecule has 1 aliphatic heterocycles. The molecule has 1 aliphatic rings. The molecule has 1 amide bonds. The maximum Gasteiger partial charge on any atom is 0.238 e. The fourth-order valence-corrected chi connectivity index (χ4v) is 3.43. The van der Waals surface area contributed by atoms with Gasteiger partial charge >= 0.3 is 0 Å². The van der Waals surface area contributed by atoms with E-state index in [4.69, 9.17) is 34.8 Å². The molecule has 2 aromatic carbocycles. The SMILES string of the molecule is O=C(CN1CCN(c2ccc(O)cc2)CC1)Nc1cc(Cl)c(Cl)cc1Cl. The largest absolute Gasteiger partial charge is 0.508 e. The molecule has 26 heavy (non-hydrogen) atoms. The number of hydrogen-bond donors (Lipinski definition) is 2. The van der Waals surface area contributed by atoms with Gasteiger partial charge in [0.2, 0.25) is 5.91 Å². The van der Waals surface area contributed by atoms with E-state index >= 15 is 0 Å². The Bertz CT molecular complexity index is 791. The molecule has 138 valence electrons. The van der Waals surface area contributed by atoms with Crippen molar-refractivity contribution in [2.75, 3.05) is 42.9 Å². The molecule has 5 nitrogen and oxygen atoms in total. The molecular weight excluding hydrogens is 397 g/mol. The number of piperazine rings is 1. The standard InChI is InChI=1S/C18H18Cl3N3O2/c19-14-9-16(21)17(10-15(14)20)22-18(26)11-23-5-7-24(8-6-23)12-1-3-13(25)4-2-12/h1-4,9-10,25H,5-8,11H2,(H,22,26). The molecule has 0 unspecified atom stereocenters. The van der Waals surface area contributed by atoms with Crippen LogP contribution in [0.3, 0.4) is 0 Å². The van der Waals surface area contributed by atoms with Crippen molar-refractivity contribution in [1.29, 1.82) is 0 Å². The fourth-order valence-electron chi connectivity index (χ4n) is 2.84. The van der Waals surface area contributed by atoms with E-state index in [-0.39, 0.29) is 18.2 Å². The van der Waals surface area contributed by atoms with Crippen LogP contribution >= 0.6 is 34.8 Å². The lowest BCUT2D eigenvalue weighted by atomic mass is 10.2. The van der Waals surface area contributed by atoms with Gasteiger partial charge in [0.05, 0.1) is 27.3 Å². The van der Waals surface area contributed by atoms with Gasteiger partial charge in [-0.25, -0.2) is 0 Å². The summed E-state index contributed by atoms with van der Waals surface area (Å²) in [4.78, 5) is 16.6. The topological polar surface area (TPSA) is 55.8 Å². The lowest BCUT2D eigenvalue weighted by Gasteiger charge is -2.35. The molecule has 0 spiro atoms. The Balaban J connectivity index is 1.52. The molecular formula is C18H18Cl3N3O2. The molecule has 2 N–H and O–H groups in total. The first kappa shape index (κ1) is 19.1. The van der Waals surface area contributed by atoms with E-state index in [2.05, 4.69) is 15.1 Å². The molecule has 0 radical (unpaired) electrons. The average Bonchev–Trinajstić information content (AvgIpc) is 2.61. The third-order valence-electron chi connectivity index (χ3n) is 4.24. The average molecular weight is 415 g/mol. The minimum atomic E-state index is -0.150. The number of nitrogens with one attached hydrogen (secondary N) is 1. The number of benzene rings is 2. The van der Waals surface area contributed by atoms with E-state index in [0.29, 0.717) is 20.8 Å². The molecule has 8 heteroatoms. The van der Waals surface area contributed by atoms with Gasteiger partial charge < -0.3 is 15.3 Å². The zero-order valence-corrected chi connectivity index (χ0v) is 16.2. The predicted molar refractivity (Wildman–Crippen MR) is 107 cm³/mol. The number of anilines is 2. The Kier molecular flexibility index (Phi) is 6.14. The van der Waals surface area contributed by atoms with E-state index in [1.54, 1.807) is 18.2 Å². The van der Waals surface area contributed by atoms with Crippen molar-refractivity contribution in [2.45, 2.75) is 0 Å². The van der Waals surface area contributed by atoms with Crippen molar-refractivity contribution in [3.8, 4) is 5.75 Å². The zero-order chi connectivity index (χ0) is 18.7. The molecule has 0 aliphatic carbocycles. The summed E-state index contributed by atoms with van der Waals surface area (Å²) in [7, 11) is 0. The van der Waals surface area contributed by atoms with Gasteiger partial charge in [0, 0.05) is 31.9 Å². The lowest BCUT2D eigenvalue weighted by molar-refractivity contribution is -0.117. The van der Waals surface area contributed by atoms with E-state index in [0.717, 1.165) is 31.9 Å². The summed E-state index contributed by atoms with van der Waals surface area (Å²) in [5.74, 6) is 0.105.